The SMILES string of the molecule is CC[C@H](C)c1ccc(NC(=O)COC(=O)c2cc(=O)c3cc(C)ccc3o2)cc1. The van der Waals surface area contributed by atoms with Crippen molar-refractivity contribution in [2.24, 2.45) is 0 Å². The van der Waals surface area contributed by atoms with Crippen molar-refractivity contribution in [3.05, 3.63) is 75.6 Å². The Balaban J connectivity index is 1.61. The van der Waals surface area contributed by atoms with E-state index < -0.39 is 18.5 Å². The molecule has 1 atom stereocenters. The highest BCUT2D eigenvalue weighted by Crippen LogP contribution is 2.20. The molecule has 2 aromatic carbocycles. The van der Waals surface area contributed by atoms with Gasteiger partial charge in [0, 0.05) is 11.8 Å². The van der Waals surface area contributed by atoms with Gasteiger partial charge in [0.25, 0.3) is 5.91 Å². The molecule has 0 aliphatic carbocycles. The summed E-state index contributed by atoms with van der Waals surface area (Å²) in [5.74, 6) is -1.14. The lowest BCUT2D eigenvalue weighted by Gasteiger charge is -2.10. The number of rotatable bonds is 6. The predicted octanol–water partition coefficient (Wildman–Crippen LogP) is 4.41. The minimum Gasteiger partial charge on any atom is -0.450 e. The maximum absolute atomic E-state index is 12.2. The Labute approximate surface area is 168 Å². The number of amides is 1. The van der Waals surface area contributed by atoms with Gasteiger partial charge in [-0.15, -0.1) is 0 Å². The lowest BCUT2D eigenvalue weighted by atomic mass is 9.99. The molecule has 0 fully saturated rings. The number of carbonyl (C=O) groups excluding carboxylic acids is 2. The van der Waals surface area contributed by atoms with E-state index in [4.69, 9.17) is 9.15 Å². The minimum absolute atomic E-state index is 0.239. The summed E-state index contributed by atoms with van der Waals surface area (Å²) in [7, 11) is 0. The summed E-state index contributed by atoms with van der Waals surface area (Å²) in [4.78, 5) is 36.4. The fourth-order valence-electron chi connectivity index (χ4n) is 2.90. The van der Waals surface area contributed by atoms with Gasteiger partial charge in [0.1, 0.15) is 5.58 Å². The molecule has 1 N–H and O–H groups in total. The van der Waals surface area contributed by atoms with Crippen LogP contribution in [0.25, 0.3) is 11.0 Å². The zero-order valence-corrected chi connectivity index (χ0v) is 16.7. The van der Waals surface area contributed by atoms with Gasteiger partial charge in [-0.2, -0.15) is 0 Å². The van der Waals surface area contributed by atoms with Gasteiger partial charge >= 0.3 is 5.97 Å². The first-order valence-corrected chi connectivity index (χ1v) is 9.49. The van der Waals surface area contributed by atoms with Crippen LogP contribution in [0.5, 0.6) is 0 Å². The molecule has 1 heterocycles. The third kappa shape index (κ3) is 4.90. The molecule has 0 saturated heterocycles. The normalized spacial score (nSPS) is 11.8. The summed E-state index contributed by atoms with van der Waals surface area (Å²) in [5, 5.41) is 3.06. The van der Waals surface area contributed by atoms with Crippen LogP contribution in [-0.2, 0) is 9.53 Å². The molecular formula is C23H23NO5. The zero-order valence-electron chi connectivity index (χ0n) is 16.7. The van der Waals surface area contributed by atoms with E-state index in [9.17, 15) is 14.4 Å². The molecule has 1 amide bonds. The highest BCUT2D eigenvalue weighted by molar-refractivity contribution is 5.95. The summed E-state index contributed by atoms with van der Waals surface area (Å²) in [6.45, 7) is 5.63. The Kier molecular flexibility index (Phi) is 6.12. The van der Waals surface area contributed by atoms with E-state index in [0.29, 0.717) is 22.6 Å². The maximum Gasteiger partial charge on any atom is 0.374 e. The second kappa shape index (κ2) is 8.73. The van der Waals surface area contributed by atoms with Crippen molar-refractivity contribution in [3.8, 4) is 0 Å². The van der Waals surface area contributed by atoms with Crippen LogP contribution in [0.15, 0.2) is 57.7 Å². The quantitative estimate of drug-likeness (QED) is 0.627. The molecule has 3 rings (SSSR count). The topological polar surface area (TPSA) is 85.6 Å². The van der Waals surface area contributed by atoms with Gasteiger partial charge in [-0.05, 0) is 49.1 Å². The number of benzene rings is 2. The lowest BCUT2D eigenvalue weighted by molar-refractivity contribution is -0.119. The molecule has 0 saturated carbocycles. The van der Waals surface area contributed by atoms with Crippen molar-refractivity contribution in [2.45, 2.75) is 33.1 Å². The third-order valence-corrected chi connectivity index (χ3v) is 4.79. The number of carbonyl (C=O) groups is 2. The van der Waals surface area contributed by atoms with E-state index in [1.807, 2.05) is 31.2 Å². The van der Waals surface area contributed by atoms with E-state index in [1.165, 1.54) is 5.56 Å². The molecule has 0 aliphatic rings. The van der Waals surface area contributed by atoms with Crippen molar-refractivity contribution in [1.29, 1.82) is 0 Å². The first-order valence-electron chi connectivity index (χ1n) is 9.49. The second-order valence-corrected chi connectivity index (χ2v) is 7.03. The molecule has 29 heavy (non-hydrogen) atoms. The van der Waals surface area contributed by atoms with Crippen molar-refractivity contribution in [1.82, 2.24) is 0 Å². The average Bonchev–Trinajstić information content (AvgIpc) is 2.72. The van der Waals surface area contributed by atoms with E-state index in [-0.39, 0.29) is 11.2 Å². The summed E-state index contributed by atoms with van der Waals surface area (Å²) >= 11 is 0. The summed E-state index contributed by atoms with van der Waals surface area (Å²) < 4.78 is 10.4. The molecule has 6 heteroatoms. The molecule has 0 unspecified atom stereocenters. The lowest BCUT2D eigenvalue weighted by Crippen LogP contribution is -2.21. The van der Waals surface area contributed by atoms with Crippen LogP contribution < -0.4 is 10.7 Å². The van der Waals surface area contributed by atoms with Crippen molar-refractivity contribution in [3.63, 3.8) is 0 Å². The van der Waals surface area contributed by atoms with Crippen LogP contribution in [0.4, 0.5) is 5.69 Å². The summed E-state index contributed by atoms with van der Waals surface area (Å²) in [6.07, 6.45) is 1.03. The fourth-order valence-corrected chi connectivity index (χ4v) is 2.90. The number of aryl methyl sites for hydroxylation is 1. The number of nitrogens with one attached hydrogen (secondary N) is 1. The summed E-state index contributed by atoms with van der Waals surface area (Å²) in [6, 6.07) is 13.7. The molecule has 3 aromatic rings. The minimum atomic E-state index is -0.869. The van der Waals surface area contributed by atoms with Crippen LogP contribution in [0.3, 0.4) is 0 Å². The average molecular weight is 393 g/mol. The molecular weight excluding hydrogens is 370 g/mol. The van der Waals surface area contributed by atoms with Crippen LogP contribution in [-0.4, -0.2) is 18.5 Å². The van der Waals surface area contributed by atoms with Crippen LogP contribution >= 0.6 is 0 Å². The monoisotopic (exact) mass is 393 g/mol. The Hall–Kier alpha value is -3.41. The van der Waals surface area contributed by atoms with Crippen molar-refractivity contribution >= 4 is 28.5 Å². The van der Waals surface area contributed by atoms with Crippen LogP contribution in [0, 0.1) is 6.92 Å². The molecule has 1 aromatic heterocycles. The fraction of sp³-hybridized carbons (Fsp3) is 0.261. The standard InChI is InChI=1S/C23H23NO5/c1-4-15(3)16-6-8-17(9-7-16)24-22(26)13-28-23(27)21-12-19(25)18-11-14(2)5-10-20(18)29-21/h5-12,15H,4,13H2,1-3H3,(H,24,26)/t15-/m0/s1. The summed E-state index contributed by atoms with van der Waals surface area (Å²) in [5.41, 5.74) is 2.67. The molecule has 150 valence electrons. The zero-order chi connectivity index (χ0) is 21.0. The third-order valence-electron chi connectivity index (χ3n) is 4.79. The number of anilines is 1. The van der Waals surface area contributed by atoms with E-state index in [1.54, 1.807) is 18.2 Å². The molecule has 0 spiro atoms. The Bertz CT molecular complexity index is 1100. The van der Waals surface area contributed by atoms with Crippen molar-refractivity contribution in [2.75, 3.05) is 11.9 Å². The van der Waals surface area contributed by atoms with E-state index in [0.717, 1.165) is 18.1 Å². The molecule has 0 bridgehead atoms. The Morgan fingerprint density at radius 3 is 2.52 bits per heavy atom. The predicted molar refractivity (Wildman–Crippen MR) is 111 cm³/mol. The van der Waals surface area contributed by atoms with Gasteiger partial charge in [0.15, 0.2) is 12.0 Å². The first kappa shape index (κ1) is 20.3. The smallest absolute Gasteiger partial charge is 0.374 e. The molecule has 0 radical (unpaired) electrons. The van der Waals surface area contributed by atoms with Gasteiger partial charge in [-0.25, -0.2) is 4.79 Å². The van der Waals surface area contributed by atoms with Gasteiger partial charge in [0.05, 0.1) is 5.39 Å². The van der Waals surface area contributed by atoms with Gasteiger partial charge < -0.3 is 14.5 Å². The number of hydrogen-bond donors (Lipinski definition) is 1. The van der Waals surface area contributed by atoms with Gasteiger partial charge in [-0.1, -0.05) is 37.6 Å². The van der Waals surface area contributed by atoms with E-state index in [2.05, 4.69) is 19.2 Å². The Morgan fingerprint density at radius 2 is 1.83 bits per heavy atom. The molecule has 6 nitrogen and oxygen atoms in total. The largest absolute Gasteiger partial charge is 0.450 e. The Morgan fingerprint density at radius 1 is 1.10 bits per heavy atom. The maximum atomic E-state index is 12.2. The van der Waals surface area contributed by atoms with Gasteiger partial charge in [0.2, 0.25) is 5.76 Å². The number of fused-ring (bicyclic) bond motifs is 1. The highest BCUT2D eigenvalue weighted by Gasteiger charge is 2.16. The number of ether oxygens (including phenoxy) is 1. The number of esters is 1. The first-order chi connectivity index (χ1) is 13.9. The van der Waals surface area contributed by atoms with Gasteiger partial charge in [-0.3, -0.25) is 9.59 Å². The highest BCUT2D eigenvalue weighted by atomic mass is 16.5. The molecule has 0 aliphatic heterocycles. The van der Waals surface area contributed by atoms with Crippen molar-refractivity contribution < 1.29 is 18.7 Å². The second-order valence-electron chi connectivity index (χ2n) is 7.03. The van der Waals surface area contributed by atoms with E-state index >= 15 is 0 Å². The number of hydrogen-bond acceptors (Lipinski definition) is 5. The van der Waals surface area contributed by atoms with Crippen LogP contribution in [0.1, 0.15) is 47.9 Å². The van der Waals surface area contributed by atoms with Crippen LogP contribution in [0.2, 0.25) is 0 Å².